The zero-order chi connectivity index (χ0) is 17.3. The third-order valence-corrected chi connectivity index (χ3v) is 5.14. The first-order valence-corrected chi connectivity index (χ1v) is 8.86. The molecule has 1 atom stereocenters. The van der Waals surface area contributed by atoms with Gasteiger partial charge in [0.15, 0.2) is 0 Å². The highest BCUT2D eigenvalue weighted by atomic mass is 35.5. The van der Waals surface area contributed by atoms with E-state index in [1.54, 1.807) is 12.1 Å². The van der Waals surface area contributed by atoms with Gasteiger partial charge in [0.05, 0.1) is 11.1 Å². The summed E-state index contributed by atoms with van der Waals surface area (Å²) in [6.07, 6.45) is 4.33. The van der Waals surface area contributed by atoms with Crippen LogP contribution in [0.1, 0.15) is 59.7 Å². The molecule has 0 aliphatic carbocycles. The Labute approximate surface area is 146 Å². The molecule has 2 heterocycles. The van der Waals surface area contributed by atoms with Crippen LogP contribution in [0.5, 0.6) is 0 Å². The Morgan fingerprint density at radius 2 is 1.96 bits per heavy atom. The number of imide groups is 1. The average molecular weight is 349 g/mol. The monoisotopic (exact) mass is 348 g/mol. The first-order chi connectivity index (χ1) is 11.5. The highest BCUT2D eigenvalue weighted by molar-refractivity contribution is 6.32. The molecule has 2 aliphatic rings. The van der Waals surface area contributed by atoms with Crippen molar-refractivity contribution in [3.8, 4) is 0 Å². The van der Waals surface area contributed by atoms with Crippen molar-refractivity contribution in [2.24, 2.45) is 0 Å². The summed E-state index contributed by atoms with van der Waals surface area (Å²) >= 11 is 5.90. The van der Waals surface area contributed by atoms with Crippen LogP contribution < -0.4 is 0 Å². The lowest BCUT2D eigenvalue weighted by atomic mass is 9.99. The van der Waals surface area contributed by atoms with Gasteiger partial charge in [-0.2, -0.15) is 0 Å². The van der Waals surface area contributed by atoms with Crippen LogP contribution in [0.25, 0.3) is 0 Å². The lowest BCUT2D eigenvalue weighted by molar-refractivity contribution is -0.135. The SMILES string of the molecule is CCC1CCCCN1C(=O)CCN1C(=O)c2ccc(Cl)cc2C1=O. The Hall–Kier alpha value is -1.88. The minimum atomic E-state index is -0.365. The third-order valence-electron chi connectivity index (χ3n) is 4.90. The third kappa shape index (κ3) is 3.05. The second-order valence-electron chi connectivity index (χ2n) is 6.35. The molecule has 0 spiro atoms. The summed E-state index contributed by atoms with van der Waals surface area (Å²) in [4.78, 5) is 40.3. The van der Waals surface area contributed by atoms with Crippen LogP contribution in [0.15, 0.2) is 18.2 Å². The van der Waals surface area contributed by atoms with Gasteiger partial charge in [-0.05, 0) is 43.9 Å². The van der Waals surface area contributed by atoms with Gasteiger partial charge in [0.2, 0.25) is 5.91 Å². The summed E-state index contributed by atoms with van der Waals surface area (Å²) in [7, 11) is 0. The van der Waals surface area contributed by atoms with Gasteiger partial charge in [-0.15, -0.1) is 0 Å². The van der Waals surface area contributed by atoms with Gasteiger partial charge >= 0.3 is 0 Å². The lowest BCUT2D eigenvalue weighted by Crippen LogP contribution is -2.44. The maximum Gasteiger partial charge on any atom is 0.261 e. The van der Waals surface area contributed by atoms with Crippen LogP contribution in [0.4, 0.5) is 0 Å². The zero-order valence-corrected chi connectivity index (χ0v) is 14.5. The Kier molecular flexibility index (Phi) is 4.90. The van der Waals surface area contributed by atoms with E-state index in [1.807, 2.05) is 4.90 Å². The second kappa shape index (κ2) is 6.93. The molecule has 3 amide bonds. The normalized spacial score (nSPS) is 20.5. The Morgan fingerprint density at radius 3 is 2.71 bits per heavy atom. The van der Waals surface area contributed by atoms with Crippen LogP contribution in [0.2, 0.25) is 5.02 Å². The fourth-order valence-electron chi connectivity index (χ4n) is 3.57. The van der Waals surface area contributed by atoms with Crippen molar-refractivity contribution in [1.29, 1.82) is 0 Å². The maximum absolute atomic E-state index is 12.5. The van der Waals surface area contributed by atoms with Gasteiger partial charge in [0, 0.05) is 30.6 Å². The van der Waals surface area contributed by atoms with E-state index in [9.17, 15) is 14.4 Å². The minimum absolute atomic E-state index is 0.0242. The number of carbonyl (C=O) groups is 3. The number of halogens is 1. The first kappa shape index (κ1) is 17.0. The van der Waals surface area contributed by atoms with Crippen LogP contribution in [0, 0.1) is 0 Å². The molecule has 0 N–H and O–H groups in total. The predicted molar refractivity (Wildman–Crippen MR) is 91.1 cm³/mol. The molecule has 1 fully saturated rings. The highest BCUT2D eigenvalue weighted by Crippen LogP contribution is 2.26. The number of amides is 3. The largest absolute Gasteiger partial charge is 0.340 e. The topological polar surface area (TPSA) is 57.7 Å². The van der Waals surface area contributed by atoms with Crippen molar-refractivity contribution >= 4 is 29.3 Å². The van der Waals surface area contributed by atoms with Crippen LogP contribution in [0.3, 0.4) is 0 Å². The molecule has 0 saturated carbocycles. The first-order valence-electron chi connectivity index (χ1n) is 8.48. The number of likely N-dealkylation sites (tertiary alicyclic amines) is 1. The van der Waals surface area contributed by atoms with E-state index >= 15 is 0 Å². The van der Waals surface area contributed by atoms with E-state index < -0.39 is 0 Å². The number of hydrogen-bond donors (Lipinski definition) is 0. The summed E-state index contributed by atoms with van der Waals surface area (Å²) in [6, 6.07) is 4.96. The van der Waals surface area contributed by atoms with Crippen molar-refractivity contribution < 1.29 is 14.4 Å². The summed E-state index contributed by atoms with van der Waals surface area (Å²) < 4.78 is 0. The number of benzene rings is 1. The van der Waals surface area contributed by atoms with Crippen LogP contribution in [-0.4, -0.2) is 46.7 Å². The maximum atomic E-state index is 12.5. The Bertz CT molecular complexity index is 689. The van der Waals surface area contributed by atoms with Crippen molar-refractivity contribution in [2.75, 3.05) is 13.1 Å². The molecule has 0 bridgehead atoms. The van der Waals surface area contributed by atoms with Crippen molar-refractivity contribution in [3.63, 3.8) is 0 Å². The Balaban J connectivity index is 1.66. The van der Waals surface area contributed by atoms with Gasteiger partial charge in [0.1, 0.15) is 0 Å². The van der Waals surface area contributed by atoms with Crippen molar-refractivity contribution in [2.45, 2.75) is 45.1 Å². The molecule has 24 heavy (non-hydrogen) atoms. The molecule has 5 nitrogen and oxygen atoms in total. The molecule has 3 rings (SSSR count). The molecule has 1 unspecified atom stereocenters. The Morgan fingerprint density at radius 1 is 1.21 bits per heavy atom. The van der Waals surface area contributed by atoms with E-state index in [0.717, 1.165) is 37.1 Å². The summed E-state index contributed by atoms with van der Waals surface area (Å²) in [5, 5.41) is 0.423. The molecule has 128 valence electrons. The van der Waals surface area contributed by atoms with E-state index in [2.05, 4.69) is 6.92 Å². The van der Waals surface area contributed by atoms with E-state index in [-0.39, 0.29) is 36.7 Å². The van der Waals surface area contributed by atoms with Gasteiger partial charge in [-0.1, -0.05) is 18.5 Å². The highest BCUT2D eigenvalue weighted by Gasteiger charge is 2.36. The molecule has 6 heteroatoms. The van der Waals surface area contributed by atoms with Crippen LogP contribution in [-0.2, 0) is 4.79 Å². The molecule has 0 radical (unpaired) electrons. The summed E-state index contributed by atoms with van der Waals surface area (Å²) in [5.41, 5.74) is 0.686. The minimum Gasteiger partial charge on any atom is -0.340 e. The smallest absolute Gasteiger partial charge is 0.261 e. The standard InChI is InChI=1S/C18H21ClN2O3/c1-2-13-5-3-4-9-20(13)16(22)8-10-21-17(23)14-7-6-12(19)11-15(14)18(21)24/h6-7,11,13H,2-5,8-10H2,1H3. The van der Waals surface area contributed by atoms with Gasteiger partial charge in [0.25, 0.3) is 11.8 Å². The number of piperidine rings is 1. The van der Waals surface area contributed by atoms with E-state index in [4.69, 9.17) is 11.6 Å². The molecule has 0 aromatic heterocycles. The van der Waals surface area contributed by atoms with Gasteiger partial charge in [-0.3, -0.25) is 19.3 Å². The number of rotatable bonds is 4. The molecule has 2 aliphatic heterocycles. The van der Waals surface area contributed by atoms with Gasteiger partial charge in [-0.25, -0.2) is 0 Å². The summed E-state index contributed by atoms with van der Waals surface area (Å²) in [6.45, 7) is 2.98. The zero-order valence-electron chi connectivity index (χ0n) is 13.8. The fraction of sp³-hybridized carbons (Fsp3) is 0.500. The lowest BCUT2D eigenvalue weighted by Gasteiger charge is -2.35. The number of carbonyl (C=O) groups excluding carboxylic acids is 3. The quantitative estimate of drug-likeness (QED) is 0.785. The average Bonchev–Trinajstić information content (AvgIpc) is 2.83. The number of fused-ring (bicyclic) bond motifs is 1. The number of nitrogens with zero attached hydrogens (tertiary/aromatic N) is 2. The molecular formula is C18H21ClN2O3. The molecule has 1 aromatic rings. The molecular weight excluding hydrogens is 328 g/mol. The van der Waals surface area contributed by atoms with Crippen molar-refractivity contribution in [1.82, 2.24) is 9.80 Å². The molecule has 1 saturated heterocycles. The number of hydrogen-bond acceptors (Lipinski definition) is 3. The fourth-order valence-corrected chi connectivity index (χ4v) is 3.74. The van der Waals surface area contributed by atoms with Crippen LogP contribution >= 0.6 is 11.6 Å². The summed E-state index contributed by atoms with van der Waals surface area (Å²) in [5.74, 6) is -0.683. The van der Waals surface area contributed by atoms with Crippen molar-refractivity contribution in [3.05, 3.63) is 34.3 Å². The predicted octanol–water partition coefficient (Wildman–Crippen LogP) is 3.12. The molecule has 1 aromatic carbocycles. The van der Waals surface area contributed by atoms with E-state index in [1.165, 1.54) is 6.07 Å². The van der Waals surface area contributed by atoms with E-state index in [0.29, 0.717) is 16.1 Å². The second-order valence-corrected chi connectivity index (χ2v) is 6.78. The van der Waals surface area contributed by atoms with Gasteiger partial charge < -0.3 is 4.90 Å².